The molecular formula is C21H15FN4O3S2. The Labute approximate surface area is 181 Å². The second-order valence-corrected chi connectivity index (χ2v) is 8.91. The van der Waals surface area contributed by atoms with Crippen molar-refractivity contribution < 1.29 is 17.6 Å². The minimum Gasteiger partial charge on any atom is -0.298 e. The van der Waals surface area contributed by atoms with Gasteiger partial charge >= 0.3 is 0 Å². The van der Waals surface area contributed by atoms with Crippen LogP contribution in [0.2, 0.25) is 0 Å². The number of nitrogens with zero attached hydrogens (tertiary/aromatic N) is 2. The Hall–Kier alpha value is -3.63. The van der Waals surface area contributed by atoms with E-state index in [1.54, 1.807) is 12.4 Å². The van der Waals surface area contributed by atoms with Crippen LogP contribution in [0.3, 0.4) is 0 Å². The number of carbonyl (C=O) groups excluding carboxylic acids is 1. The molecule has 2 aromatic heterocycles. The number of halogens is 1. The molecule has 1 amide bonds. The number of aromatic nitrogens is 2. The van der Waals surface area contributed by atoms with Crippen molar-refractivity contribution in [2.45, 2.75) is 4.90 Å². The third kappa shape index (κ3) is 4.93. The molecule has 10 heteroatoms. The molecule has 0 aliphatic carbocycles. The smallest absolute Gasteiger partial charge is 0.261 e. The second-order valence-electron chi connectivity index (χ2n) is 6.36. The van der Waals surface area contributed by atoms with E-state index in [-0.39, 0.29) is 16.5 Å². The average molecular weight is 455 g/mol. The van der Waals surface area contributed by atoms with Gasteiger partial charge in [0.15, 0.2) is 5.13 Å². The molecule has 0 fully saturated rings. The normalized spacial score (nSPS) is 11.1. The third-order valence-corrected chi connectivity index (χ3v) is 6.38. The summed E-state index contributed by atoms with van der Waals surface area (Å²) in [5.74, 6) is -0.897. The van der Waals surface area contributed by atoms with Crippen LogP contribution in [0.15, 0.2) is 83.3 Å². The molecule has 0 bridgehead atoms. The molecule has 31 heavy (non-hydrogen) atoms. The maximum atomic E-state index is 13.0. The lowest BCUT2D eigenvalue weighted by atomic mass is 10.2. The quantitative estimate of drug-likeness (QED) is 0.450. The minimum atomic E-state index is -3.87. The molecule has 2 heterocycles. The molecule has 4 aromatic rings. The van der Waals surface area contributed by atoms with Gasteiger partial charge in [0.25, 0.3) is 15.9 Å². The van der Waals surface area contributed by atoms with Crippen molar-refractivity contribution in [1.29, 1.82) is 0 Å². The van der Waals surface area contributed by atoms with Crippen molar-refractivity contribution in [3.05, 3.63) is 89.8 Å². The highest BCUT2D eigenvalue weighted by Crippen LogP contribution is 2.25. The van der Waals surface area contributed by atoms with Gasteiger partial charge in [-0.1, -0.05) is 0 Å². The van der Waals surface area contributed by atoms with Gasteiger partial charge in [0, 0.05) is 34.6 Å². The zero-order valence-electron chi connectivity index (χ0n) is 15.8. The van der Waals surface area contributed by atoms with Crippen LogP contribution in [0.25, 0.3) is 11.3 Å². The summed E-state index contributed by atoms with van der Waals surface area (Å²) in [5.41, 5.74) is 2.23. The molecule has 2 aromatic carbocycles. The molecule has 7 nitrogen and oxygen atoms in total. The fourth-order valence-electron chi connectivity index (χ4n) is 2.67. The molecule has 4 rings (SSSR count). The van der Waals surface area contributed by atoms with Crippen LogP contribution in [-0.4, -0.2) is 24.3 Å². The lowest BCUT2D eigenvalue weighted by Gasteiger charge is -2.09. The van der Waals surface area contributed by atoms with E-state index < -0.39 is 15.8 Å². The number of amides is 1. The van der Waals surface area contributed by atoms with Crippen LogP contribution in [-0.2, 0) is 10.0 Å². The Morgan fingerprint density at radius 3 is 2.29 bits per heavy atom. The summed E-state index contributed by atoms with van der Waals surface area (Å²) in [6.45, 7) is 0. The average Bonchev–Trinajstić information content (AvgIpc) is 3.23. The van der Waals surface area contributed by atoms with Crippen LogP contribution in [0.1, 0.15) is 10.4 Å². The molecule has 0 aliphatic rings. The van der Waals surface area contributed by atoms with Crippen molar-refractivity contribution >= 4 is 38.1 Å². The molecule has 2 N–H and O–H groups in total. The Bertz CT molecular complexity index is 1310. The maximum Gasteiger partial charge on any atom is 0.261 e. The van der Waals surface area contributed by atoms with Gasteiger partial charge in [-0.3, -0.25) is 19.8 Å². The van der Waals surface area contributed by atoms with Gasteiger partial charge in [0.05, 0.1) is 10.6 Å². The Morgan fingerprint density at radius 2 is 1.61 bits per heavy atom. The molecule has 0 saturated carbocycles. The number of benzene rings is 2. The van der Waals surface area contributed by atoms with Crippen molar-refractivity contribution in [3.8, 4) is 11.3 Å². The van der Waals surface area contributed by atoms with Crippen LogP contribution in [0, 0.1) is 5.82 Å². The van der Waals surface area contributed by atoms with Gasteiger partial charge in [0.1, 0.15) is 5.82 Å². The monoisotopic (exact) mass is 454 g/mol. The van der Waals surface area contributed by atoms with Crippen LogP contribution >= 0.6 is 11.3 Å². The lowest BCUT2D eigenvalue weighted by Crippen LogP contribution is -2.14. The number of nitrogens with one attached hydrogen (secondary N) is 2. The van der Waals surface area contributed by atoms with Gasteiger partial charge in [-0.15, -0.1) is 11.3 Å². The third-order valence-electron chi connectivity index (χ3n) is 4.22. The van der Waals surface area contributed by atoms with Gasteiger partial charge in [-0.05, 0) is 60.7 Å². The number of pyridine rings is 1. The van der Waals surface area contributed by atoms with Gasteiger partial charge in [0.2, 0.25) is 0 Å². The summed E-state index contributed by atoms with van der Waals surface area (Å²) < 4.78 is 40.1. The molecule has 0 radical (unpaired) electrons. The summed E-state index contributed by atoms with van der Waals surface area (Å²) in [7, 11) is -3.87. The highest BCUT2D eigenvalue weighted by atomic mass is 32.2. The molecule has 0 unspecified atom stereocenters. The van der Waals surface area contributed by atoms with E-state index in [0.717, 1.165) is 23.4 Å². The summed E-state index contributed by atoms with van der Waals surface area (Å²) in [6, 6.07) is 14.1. The van der Waals surface area contributed by atoms with E-state index in [9.17, 15) is 17.6 Å². The van der Waals surface area contributed by atoms with Crippen molar-refractivity contribution in [1.82, 2.24) is 9.97 Å². The Kier molecular flexibility index (Phi) is 5.74. The standard InChI is InChI=1S/C21H15FN4O3S2/c22-16-3-7-18(8-4-16)31(28,29)26-17-5-1-15(2-6-17)20(27)25-21-24-19(13-30-21)14-9-11-23-12-10-14/h1-13,26H,(H,24,25,27). The van der Waals surface area contributed by atoms with Crippen molar-refractivity contribution in [3.63, 3.8) is 0 Å². The van der Waals surface area contributed by atoms with Crippen LogP contribution in [0.4, 0.5) is 15.2 Å². The first-order valence-corrected chi connectivity index (χ1v) is 11.3. The summed E-state index contributed by atoms with van der Waals surface area (Å²) >= 11 is 1.30. The number of rotatable bonds is 6. The number of carbonyl (C=O) groups is 1. The van der Waals surface area contributed by atoms with E-state index in [1.807, 2.05) is 17.5 Å². The Morgan fingerprint density at radius 1 is 0.935 bits per heavy atom. The molecule has 0 atom stereocenters. The molecule has 0 saturated heterocycles. The summed E-state index contributed by atoms with van der Waals surface area (Å²) in [4.78, 5) is 20.8. The minimum absolute atomic E-state index is 0.0653. The van der Waals surface area contributed by atoms with Crippen LogP contribution < -0.4 is 10.0 Å². The SMILES string of the molecule is O=C(Nc1nc(-c2ccncc2)cs1)c1ccc(NS(=O)(=O)c2ccc(F)cc2)cc1. The van der Waals surface area contributed by atoms with Crippen molar-refractivity contribution in [2.75, 3.05) is 10.0 Å². The zero-order valence-corrected chi connectivity index (χ0v) is 17.5. The second kappa shape index (κ2) is 8.62. The summed E-state index contributed by atoms with van der Waals surface area (Å²) in [6.07, 6.45) is 3.33. The molecular weight excluding hydrogens is 439 g/mol. The maximum absolute atomic E-state index is 13.0. The highest BCUT2D eigenvalue weighted by molar-refractivity contribution is 7.92. The number of sulfonamides is 1. The lowest BCUT2D eigenvalue weighted by molar-refractivity contribution is 0.102. The fraction of sp³-hybridized carbons (Fsp3) is 0. The van der Waals surface area contributed by atoms with Crippen molar-refractivity contribution in [2.24, 2.45) is 0 Å². The first-order chi connectivity index (χ1) is 14.9. The number of hydrogen-bond donors (Lipinski definition) is 2. The molecule has 0 aliphatic heterocycles. The number of anilines is 2. The van der Waals surface area contributed by atoms with E-state index >= 15 is 0 Å². The van der Waals surface area contributed by atoms with Gasteiger partial charge < -0.3 is 0 Å². The molecule has 0 spiro atoms. The largest absolute Gasteiger partial charge is 0.298 e. The predicted molar refractivity (Wildman–Crippen MR) is 117 cm³/mol. The van der Waals surface area contributed by atoms with E-state index in [2.05, 4.69) is 20.0 Å². The first kappa shape index (κ1) is 20.6. The van der Waals surface area contributed by atoms with Crippen LogP contribution in [0.5, 0.6) is 0 Å². The van der Waals surface area contributed by atoms with E-state index in [4.69, 9.17) is 0 Å². The predicted octanol–water partition coefficient (Wildman–Crippen LogP) is 4.40. The highest BCUT2D eigenvalue weighted by Gasteiger charge is 2.15. The zero-order chi connectivity index (χ0) is 21.8. The van der Waals surface area contributed by atoms with E-state index in [0.29, 0.717) is 10.7 Å². The molecule has 156 valence electrons. The Balaban J connectivity index is 1.43. The number of hydrogen-bond acceptors (Lipinski definition) is 6. The first-order valence-electron chi connectivity index (χ1n) is 8.96. The number of thiazole rings is 1. The topological polar surface area (TPSA) is 101 Å². The van der Waals surface area contributed by atoms with Gasteiger partial charge in [-0.25, -0.2) is 17.8 Å². The summed E-state index contributed by atoms with van der Waals surface area (Å²) in [5, 5.41) is 5.00. The fourth-order valence-corrected chi connectivity index (χ4v) is 4.45. The van der Waals surface area contributed by atoms with E-state index in [1.165, 1.54) is 47.7 Å². The van der Waals surface area contributed by atoms with Gasteiger partial charge in [-0.2, -0.15) is 0 Å².